The smallest absolute Gasteiger partial charge is 0.138 e. The van der Waals surface area contributed by atoms with Gasteiger partial charge in [0.05, 0.1) is 18.3 Å². The average Bonchev–Trinajstić information content (AvgIpc) is 3.20. The maximum atomic E-state index is 14.5. The Morgan fingerprint density at radius 2 is 1.96 bits per heavy atom. The molecule has 0 fully saturated rings. The molecule has 2 atom stereocenters. The zero-order valence-electron chi connectivity index (χ0n) is 12.3. The van der Waals surface area contributed by atoms with Gasteiger partial charge in [-0.3, -0.25) is 0 Å². The van der Waals surface area contributed by atoms with E-state index in [4.69, 9.17) is 0 Å². The van der Waals surface area contributed by atoms with Crippen molar-refractivity contribution >= 4 is 0 Å². The summed E-state index contributed by atoms with van der Waals surface area (Å²) in [5, 5.41) is 28.6. The summed E-state index contributed by atoms with van der Waals surface area (Å²) in [6.07, 6.45) is 4.23. The lowest BCUT2D eigenvalue weighted by Crippen LogP contribution is -2.42. The quantitative estimate of drug-likeness (QED) is 0.700. The van der Waals surface area contributed by atoms with E-state index in [1.165, 1.54) is 53.7 Å². The standard InChI is InChI=1S/C14H15FN6O2/c1-10(22)14(23,5-20-8-16-6-18-20)12-3-2-11(4-13(12)15)21-9-17-7-19-21/h2-4,6-10,22-23H,5H2,1H3/t10-,14-/m1/s1. The zero-order valence-corrected chi connectivity index (χ0v) is 12.3. The van der Waals surface area contributed by atoms with Gasteiger partial charge in [0.2, 0.25) is 0 Å². The number of rotatable bonds is 5. The summed E-state index contributed by atoms with van der Waals surface area (Å²) in [5.74, 6) is -0.665. The highest BCUT2D eigenvalue weighted by molar-refractivity contribution is 5.37. The molecule has 1 aromatic carbocycles. The summed E-state index contributed by atoms with van der Waals surface area (Å²) >= 11 is 0. The van der Waals surface area contributed by atoms with Gasteiger partial charge in [0.15, 0.2) is 0 Å². The van der Waals surface area contributed by atoms with E-state index >= 15 is 0 Å². The Morgan fingerprint density at radius 1 is 1.22 bits per heavy atom. The first-order valence-corrected chi connectivity index (χ1v) is 6.88. The van der Waals surface area contributed by atoms with Crippen LogP contribution in [0.1, 0.15) is 12.5 Å². The topological polar surface area (TPSA) is 102 Å². The largest absolute Gasteiger partial charge is 0.390 e. The Kier molecular flexibility index (Phi) is 3.89. The van der Waals surface area contributed by atoms with E-state index in [-0.39, 0.29) is 12.1 Å². The second kappa shape index (κ2) is 5.86. The van der Waals surface area contributed by atoms with Crippen molar-refractivity contribution in [2.45, 2.75) is 25.2 Å². The van der Waals surface area contributed by atoms with Gasteiger partial charge >= 0.3 is 0 Å². The fraction of sp³-hybridized carbons (Fsp3) is 0.286. The van der Waals surface area contributed by atoms with Gasteiger partial charge in [-0.05, 0) is 19.1 Å². The number of halogens is 1. The molecule has 2 N–H and O–H groups in total. The molecule has 3 aromatic rings. The van der Waals surface area contributed by atoms with Gasteiger partial charge in [0, 0.05) is 5.56 Å². The van der Waals surface area contributed by atoms with Crippen molar-refractivity contribution < 1.29 is 14.6 Å². The van der Waals surface area contributed by atoms with Gasteiger partial charge < -0.3 is 10.2 Å². The van der Waals surface area contributed by atoms with E-state index in [0.717, 1.165) is 0 Å². The van der Waals surface area contributed by atoms with Crippen LogP contribution in [-0.4, -0.2) is 45.8 Å². The van der Waals surface area contributed by atoms with Crippen molar-refractivity contribution in [2.75, 3.05) is 0 Å². The fourth-order valence-electron chi connectivity index (χ4n) is 2.34. The molecule has 0 amide bonds. The van der Waals surface area contributed by atoms with Crippen molar-refractivity contribution in [3.8, 4) is 5.69 Å². The lowest BCUT2D eigenvalue weighted by atomic mass is 9.88. The number of hydrogen-bond acceptors (Lipinski definition) is 6. The molecule has 0 aliphatic carbocycles. The van der Waals surface area contributed by atoms with Gasteiger partial charge in [-0.15, -0.1) is 0 Å². The van der Waals surface area contributed by atoms with Crippen molar-refractivity contribution in [2.24, 2.45) is 0 Å². The Bertz CT molecular complexity index is 775. The van der Waals surface area contributed by atoms with Crippen molar-refractivity contribution in [1.82, 2.24) is 29.5 Å². The summed E-state index contributed by atoms with van der Waals surface area (Å²) in [6.45, 7) is 1.26. The highest BCUT2D eigenvalue weighted by Gasteiger charge is 2.38. The third-order valence-corrected chi connectivity index (χ3v) is 3.66. The third kappa shape index (κ3) is 2.83. The highest BCUT2D eigenvalue weighted by atomic mass is 19.1. The van der Waals surface area contributed by atoms with E-state index in [1.54, 1.807) is 6.07 Å². The van der Waals surface area contributed by atoms with Gasteiger partial charge in [-0.2, -0.15) is 10.2 Å². The van der Waals surface area contributed by atoms with E-state index in [0.29, 0.717) is 5.69 Å². The van der Waals surface area contributed by atoms with Crippen LogP contribution in [-0.2, 0) is 12.1 Å². The maximum absolute atomic E-state index is 14.5. The number of hydrogen-bond donors (Lipinski definition) is 2. The first-order chi connectivity index (χ1) is 11.0. The number of benzene rings is 1. The lowest BCUT2D eigenvalue weighted by Gasteiger charge is -2.31. The molecule has 3 rings (SSSR count). The molecule has 9 heteroatoms. The maximum Gasteiger partial charge on any atom is 0.138 e. The van der Waals surface area contributed by atoms with Crippen LogP contribution in [0.3, 0.4) is 0 Å². The second-order valence-electron chi connectivity index (χ2n) is 5.20. The average molecular weight is 318 g/mol. The highest BCUT2D eigenvalue weighted by Crippen LogP contribution is 2.30. The van der Waals surface area contributed by atoms with Crippen LogP contribution < -0.4 is 0 Å². The minimum atomic E-state index is -1.85. The Balaban J connectivity index is 2.00. The molecule has 23 heavy (non-hydrogen) atoms. The number of aromatic nitrogens is 6. The summed E-state index contributed by atoms with van der Waals surface area (Å²) < 4.78 is 17.3. The Morgan fingerprint density at radius 3 is 2.52 bits per heavy atom. The van der Waals surface area contributed by atoms with Crippen LogP contribution in [0.2, 0.25) is 0 Å². The van der Waals surface area contributed by atoms with Crippen molar-refractivity contribution in [1.29, 1.82) is 0 Å². The number of nitrogens with zero attached hydrogens (tertiary/aromatic N) is 6. The summed E-state index contributed by atoms with van der Waals surface area (Å²) in [5.41, 5.74) is -1.43. The Labute approximate surface area is 130 Å². The fourth-order valence-corrected chi connectivity index (χ4v) is 2.34. The molecule has 2 aromatic heterocycles. The Hall–Kier alpha value is -2.65. The molecular formula is C14H15FN6O2. The van der Waals surface area contributed by atoms with Crippen LogP contribution in [0, 0.1) is 5.82 Å². The molecule has 0 aliphatic rings. The molecule has 0 saturated carbocycles. The summed E-state index contributed by atoms with van der Waals surface area (Å²) in [4.78, 5) is 7.58. The normalized spacial score (nSPS) is 15.3. The monoisotopic (exact) mass is 318 g/mol. The minimum absolute atomic E-state index is 0.0353. The summed E-state index contributed by atoms with van der Waals surface area (Å²) in [6, 6.07) is 4.22. The summed E-state index contributed by atoms with van der Waals surface area (Å²) in [7, 11) is 0. The van der Waals surface area contributed by atoms with Gasteiger partial charge in [-0.25, -0.2) is 23.7 Å². The zero-order chi connectivity index (χ0) is 16.4. The predicted octanol–water partition coefficient (Wildman–Crippen LogP) is 0.266. The molecule has 0 unspecified atom stereocenters. The van der Waals surface area contributed by atoms with Crippen LogP contribution >= 0.6 is 0 Å². The van der Waals surface area contributed by atoms with E-state index in [1.807, 2.05) is 0 Å². The number of aliphatic hydroxyl groups is 2. The van der Waals surface area contributed by atoms with Crippen LogP contribution in [0.15, 0.2) is 43.5 Å². The van der Waals surface area contributed by atoms with E-state index in [9.17, 15) is 14.6 Å². The SMILES string of the molecule is C[C@@H](O)[C@](O)(Cn1cncn1)c1ccc(-n2cncn2)cc1F. The predicted molar refractivity (Wildman–Crippen MR) is 76.9 cm³/mol. The molecule has 0 bridgehead atoms. The number of aliphatic hydroxyl groups excluding tert-OH is 1. The van der Waals surface area contributed by atoms with E-state index < -0.39 is 17.5 Å². The molecule has 0 aliphatic heterocycles. The van der Waals surface area contributed by atoms with Crippen LogP contribution in [0.4, 0.5) is 4.39 Å². The van der Waals surface area contributed by atoms with Crippen molar-refractivity contribution in [3.05, 3.63) is 54.9 Å². The van der Waals surface area contributed by atoms with Crippen molar-refractivity contribution in [3.63, 3.8) is 0 Å². The molecule has 0 saturated heterocycles. The van der Waals surface area contributed by atoms with Gasteiger partial charge in [-0.1, -0.05) is 6.07 Å². The molecule has 0 radical (unpaired) electrons. The van der Waals surface area contributed by atoms with Gasteiger partial charge in [0.25, 0.3) is 0 Å². The molecule has 2 heterocycles. The van der Waals surface area contributed by atoms with Crippen LogP contribution in [0.5, 0.6) is 0 Å². The minimum Gasteiger partial charge on any atom is -0.390 e. The van der Waals surface area contributed by atoms with Crippen LogP contribution in [0.25, 0.3) is 5.69 Å². The van der Waals surface area contributed by atoms with E-state index in [2.05, 4.69) is 20.2 Å². The molecule has 8 nitrogen and oxygen atoms in total. The lowest BCUT2D eigenvalue weighted by molar-refractivity contribution is -0.0873. The first-order valence-electron chi connectivity index (χ1n) is 6.88. The first kappa shape index (κ1) is 15.3. The third-order valence-electron chi connectivity index (χ3n) is 3.66. The second-order valence-corrected chi connectivity index (χ2v) is 5.20. The molecule has 120 valence electrons. The van der Waals surface area contributed by atoms with Gasteiger partial charge in [0.1, 0.15) is 36.7 Å². The molecular weight excluding hydrogens is 303 g/mol. The molecule has 0 spiro atoms.